The first kappa shape index (κ1) is 21.2. The summed E-state index contributed by atoms with van der Waals surface area (Å²) in [5, 5.41) is 12.8. The van der Waals surface area contributed by atoms with Crippen molar-refractivity contribution < 1.29 is 14.3 Å². The molecule has 1 N–H and O–H groups in total. The van der Waals surface area contributed by atoms with Crippen LogP contribution in [0.4, 0.5) is 5.69 Å². The van der Waals surface area contributed by atoms with Crippen molar-refractivity contribution in [2.45, 2.75) is 48.9 Å². The molecule has 0 radical (unpaired) electrons. The van der Waals surface area contributed by atoms with Crippen LogP contribution in [0.2, 0.25) is 0 Å². The second kappa shape index (κ2) is 9.42. The van der Waals surface area contributed by atoms with Gasteiger partial charge in [0.05, 0.1) is 19.9 Å². The molecule has 1 fully saturated rings. The Bertz CT molecular complexity index is 1140. The van der Waals surface area contributed by atoms with E-state index in [4.69, 9.17) is 9.47 Å². The van der Waals surface area contributed by atoms with E-state index in [9.17, 15) is 9.59 Å². The molecule has 10 heteroatoms. The zero-order chi connectivity index (χ0) is 21.8. The van der Waals surface area contributed by atoms with E-state index in [0.29, 0.717) is 28.1 Å². The van der Waals surface area contributed by atoms with Gasteiger partial charge in [-0.3, -0.25) is 4.79 Å². The van der Waals surface area contributed by atoms with E-state index in [1.54, 1.807) is 43.1 Å². The first-order valence-electron chi connectivity index (χ1n) is 10.2. The molecule has 1 amide bonds. The topological polar surface area (TPSA) is 99.7 Å². The number of ether oxygens (including phenoxy) is 2. The van der Waals surface area contributed by atoms with Gasteiger partial charge in [-0.15, -0.1) is 16.9 Å². The molecule has 1 aromatic carbocycles. The van der Waals surface area contributed by atoms with Crippen LogP contribution in [0.3, 0.4) is 0 Å². The number of benzene rings is 1. The van der Waals surface area contributed by atoms with Crippen LogP contribution in [0.15, 0.2) is 40.2 Å². The molecule has 31 heavy (non-hydrogen) atoms. The summed E-state index contributed by atoms with van der Waals surface area (Å²) in [5.74, 6) is 0.672. The van der Waals surface area contributed by atoms with Gasteiger partial charge in [0.1, 0.15) is 23.1 Å². The highest BCUT2D eigenvalue weighted by molar-refractivity contribution is 7.99. The number of methoxy groups -OCH3 is 2. The van der Waals surface area contributed by atoms with Crippen LogP contribution >= 0.6 is 11.8 Å². The van der Waals surface area contributed by atoms with Crippen LogP contribution in [0.1, 0.15) is 32.1 Å². The number of anilines is 1. The number of hydrogen-bond acceptors (Lipinski definition) is 7. The number of nitrogens with zero attached hydrogens (tertiary/aromatic N) is 4. The maximum absolute atomic E-state index is 12.7. The Morgan fingerprint density at radius 1 is 1.13 bits per heavy atom. The predicted molar refractivity (Wildman–Crippen MR) is 118 cm³/mol. The van der Waals surface area contributed by atoms with Crippen molar-refractivity contribution in [2.24, 2.45) is 0 Å². The Balaban J connectivity index is 1.48. The first-order valence-corrected chi connectivity index (χ1v) is 11.1. The Morgan fingerprint density at radius 3 is 2.68 bits per heavy atom. The maximum Gasteiger partial charge on any atom is 0.367 e. The molecule has 2 heterocycles. The largest absolute Gasteiger partial charge is 0.497 e. The lowest BCUT2D eigenvalue weighted by Crippen LogP contribution is -2.29. The number of rotatable bonds is 7. The van der Waals surface area contributed by atoms with Gasteiger partial charge < -0.3 is 14.8 Å². The molecular formula is C21H25N5O4S. The van der Waals surface area contributed by atoms with Gasteiger partial charge >= 0.3 is 5.69 Å². The second-order valence-corrected chi connectivity index (χ2v) is 8.69. The Labute approximate surface area is 183 Å². The van der Waals surface area contributed by atoms with Crippen molar-refractivity contribution >= 4 is 29.0 Å². The molecule has 0 spiro atoms. The van der Waals surface area contributed by atoms with E-state index >= 15 is 0 Å². The molecule has 0 bridgehead atoms. The van der Waals surface area contributed by atoms with Gasteiger partial charge in [0.15, 0.2) is 5.65 Å². The predicted octanol–water partition coefficient (Wildman–Crippen LogP) is 2.97. The molecule has 2 aromatic heterocycles. The summed E-state index contributed by atoms with van der Waals surface area (Å²) in [6, 6.07) is 8.71. The maximum atomic E-state index is 12.7. The Morgan fingerprint density at radius 2 is 1.94 bits per heavy atom. The lowest BCUT2D eigenvalue weighted by molar-refractivity contribution is -0.117. The van der Waals surface area contributed by atoms with Gasteiger partial charge in [0, 0.05) is 11.3 Å². The van der Waals surface area contributed by atoms with Gasteiger partial charge in [0.25, 0.3) is 0 Å². The number of nitrogens with one attached hydrogen (secondary N) is 1. The van der Waals surface area contributed by atoms with E-state index in [2.05, 4.69) is 15.5 Å². The minimum absolute atomic E-state index is 0.234. The Kier molecular flexibility index (Phi) is 6.45. The van der Waals surface area contributed by atoms with Gasteiger partial charge in [-0.25, -0.2) is 9.48 Å². The van der Waals surface area contributed by atoms with Crippen molar-refractivity contribution in [3.8, 4) is 11.5 Å². The summed E-state index contributed by atoms with van der Waals surface area (Å²) in [4.78, 5) is 25.3. The first-order chi connectivity index (χ1) is 15.1. The van der Waals surface area contributed by atoms with E-state index < -0.39 is 11.6 Å². The summed E-state index contributed by atoms with van der Waals surface area (Å²) < 4.78 is 12.8. The lowest BCUT2D eigenvalue weighted by atomic mass is 10.0. The van der Waals surface area contributed by atoms with Crippen molar-refractivity contribution in [1.29, 1.82) is 0 Å². The third-order valence-electron chi connectivity index (χ3n) is 5.23. The highest BCUT2D eigenvalue weighted by Gasteiger charge is 2.18. The van der Waals surface area contributed by atoms with Crippen molar-refractivity contribution in [1.82, 2.24) is 19.4 Å². The number of carbonyl (C=O) groups excluding carboxylic acids is 1. The molecule has 1 saturated carbocycles. The average Bonchev–Trinajstić information content (AvgIpc) is 3.09. The standard InChI is InChI=1S/C21H25N5O4S/c1-29-14-8-9-16(17(12-14)30-2)22-19(27)13-25-21(28)26-18(23-25)10-11-20(24-26)31-15-6-4-3-5-7-15/h8-12,15H,3-7,13H2,1-2H3,(H,22,27). The van der Waals surface area contributed by atoms with E-state index in [0.717, 1.165) is 9.71 Å². The van der Waals surface area contributed by atoms with Crippen LogP contribution < -0.4 is 20.5 Å². The number of amides is 1. The number of aromatic nitrogens is 4. The fourth-order valence-electron chi connectivity index (χ4n) is 3.64. The minimum Gasteiger partial charge on any atom is -0.497 e. The van der Waals surface area contributed by atoms with Crippen LogP contribution in [-0.2, 0) is 11.3 Å². The van der Waals surface area contributed by atoms with Crippen LogP contribution in [0, 0.1) is 0 Å². The minimum atomic E-state index is -0.446. The highest BCUT2D eigenvalue weighted by atomic mass is 32.2. The molecule has 9 nitrogen and oxygen atoms in total. The number of hydrogen-bond donors (Lipinski definition) is 1. The number of thioether (sulfide) groups is 1. The summed E-state index contributed by atoms with van der Waals surface area (Å²) in [7, 11) is 3.06. The van der Waals surface area contributed by atoms with Gasteiger partial charge in [-0.05, 0) is 37.1 Å². The summed E-state index contributed by atoms with van der Waals surface area (Å²) in [6.07, 6.45) is 6.12. The number of fused-ring (bicyclic) bond motifs is 1. The van der Waals surface area contributed by atoms with Crippen LogP contribution in [-0.4, -0.2) is 44.8 Å². The lowest BCUT2D eigenvalue weighted by Gasteiger charge is -2.20. The third kappa shape index (κ3) is 4.84. The monoisotopic (exact) mass is 443 g/mol. The molecule has 4 rings (SSSR count). The molecule has 0 unspecified atom stereocenters. The molecule has 0 atom stereocenters. The SMILES string of the molecule is COc1ccc(NC(=O)Cn2nc3ccc(SC4CCCCC4)nn3c2=O)c(OC)c1. The van der Waals surface area contributed by atoms with Crippen molar-refractivity contribution in [3.63, 3.8) is 0 Å². The highest BCUT2D eigenvalue weighted by Crippen LogP contribution is 2.32. The molecule has 0 saturated heterocycles. The molecule has 3 aromatic rings. The summed E-state index contributed by atoms with van der Waals surface area (Å²) >= 11 is 1.71. The molecule has 1 aliphatic carbocycles. The summed E-state index contributed by atoms with van der Waals surface area (Å²) in [5.41, 5.74) is 0.445. The van der Waals surface area contributed by atoms with E-state index in [1.165, 1.54) is 43.7 Å². The fraction of sp³-hybridized carbons (Fsp3) is 0.429. The van der Waals surface area contributed by atoms with Crippen molar-refractivity contribution in [2.75, 3.05) is 19.5 Å². The molecule has 0 aliphatic heterocycles. The normalized spacial score (nSPS) is 14.5. The van der Waals surface area contributed by atoms with E-state index in [1.807, 2.05) is 6.07 Å². The smallest absolute Gasteiger partial charge is 0.367 e. The Hall–Kier alpha value is -3.01. The van der Waals surface area contributed by atoms with Crippen LogP contribution in [0.25, 0.3) is 5.65 Å². The zero-order valence-electron chi connectivity index (χ0n) is 17.5. The molecule has 164 valence electrons. The molecule has 1 aliphatic rings. The quantitative estimate of drug-likeness (QED) is 0.599. The van der Waals surface area contributed by atoms with Gasteiger partial charge in [-0.1, -0.05) is 19.3 Å². The van der Waals surface area contributed by atoms with Crippen LogP contribution in [0.5, 0.6) is 11.5 Å². The van der Waals surface area contributed by atoms with Gasteiger partial charge in [0.2, 0.25) is 5.91 Å². The summed E-state index contributed by atoms with van der Waals surface area (Å²) in [6.45, 7) is -0.234. The fourth-order valence-corrected chi connectivity index (χ4v) is 4.82. The van der Waals surface area contributed by atoms with Gasteiger partial charge in [-0.2, -0.15) is 9.61 Å². The third-order valence-corrected chi connectivity index (χ3v) is 6.50. The van der Waals surface area contributed by atoms with E-state index in [-0.39, 0.29) is 6.54 Å². The molecular weight excluding hydrogens is 418 g/mol. The van der Waals surface area contributed by atoms with Crippen molar-refractivity contribution in [3.05, 3.63) is 40.8 Å². The average molecular weight is 444 g/mol. The second-order valence-electron chi connectivity index (χ2n) is 7.37. The zero-order valence-corrected chi connectivity index (χ0v) is 18.4. The number of carbonyl (C=O) groups is 1.